The van der Waals surface area contributed by atoms with Crippen molar-refractivity contribution in [3.63, 3.8) is 0 Å². The molecule has 4 heteroatoms. The number of unbranched alkanes of at least 4 members (excludes halogenated alkanes) is 1. The largest absolute Gasteiger partial charge is 0.338 e. The van der Waals surface area contributed by atoms with Crippen molar-refractivity contribution < 1.29 is 4.79 Å². The Kier molecular flexibility index (Phi) is 6.42. The minimum Gasteiger partial charge on any atom is -0.338 e. The zero-order valence-electron chi connectivity index (χ0n) is 13.0. The van der Waals surface area contributed by atoms with Crippen molar-refractivity contribution in [3.8, 4) is 0 Å². The third-order valence-electron chi connectivity index (χ3n) is 3.50. The fourth-order valence-corrected chi connectivity index (χ4v) is 2.25. The van der Waals surface area contributed by atoms with Gasteiger partial charge in [-0.1, -0.05) is 36.4 Å². The highest BCUT2D eigenvalue weighted by Crippen LogP contribution is 2.07. The lowest BCUT2D eigenvalue weighted by Crippen LogP contribution is -2.37. The number of carbonyl (C=O) groups is 1. The van der Waals surface area contributed by atoms with Gasteiger partial charge in [0.1, 0.15) is 0 Å². The van der Waals surface area contributed by atoms with Gasteiger partial charge in [-0.2, -0.15) is 0 Å². The van der Waals surface area contributed by atoms with Gasteiger partial charge in [-0.3, -0.25) is 4.98 Å². The molecule has 1 aromatic heterocycles. The Balaban J connectivity index is 1.60. The van der Waals surface area contributed by atoms with Gasteiger partial charge in [-0.15, -0.1) is 0 Å². The van der Waals surface area contributed by atoms with Crippen LogP contribution in [0, 0.1) is 0 Å². The highest BCUT2D eigenvalue weighted by Gasteiger charge is 2.09. The number of carbonyl (C=O) groups excluding carboxylic acids is 1. The molecule has 2 amide bonds. The van der Waals surface area contributed by atoms with Crippen molar-refractivity contribution in [1.29, 1.82) is 0 Å². The zero-order chi connectivity index (χ0) is 15.6. The quantitative estimate of drug-likeness (QED) is 0.769. The van der Waals surface area contributed by atoms with Crippen molar-refractivity contribution in [2.75, 3.05) is 6.54 Å². The Labute approximate surface area is 132 Å². The van der Waals surface area contributed by atoms with E-state index < -0.39 is 0 Å². The van der Waals surface area contributed by atoms with Crippen LogP contribution in [-0.4, -0.2) is 17.6 Å². The number of aromatic nitrogens is 1. The molecule has 1 heterocycles. The lowest BCUT2D eigenvalue weighted by molar-refractivity contribution is 0.237. The third kappa shape index (κ3) is 5.56. The summed E-state index contributed by atoms with van der Waals surface area (Å²) in [6, 6.07) is 15.9. The SMILES string of the molecule is CC(NC(=O)NCCCCc1ccccc1)c1ccccn1. The van der Waals surface area contributed by atoms with Gasteiger partial charge in [0, 0.05) is 12.7 Å². The Morgan fingerprint density at radius 2 is 1.86 bits per heavy atom. The summed E-state index contributed by atoms with van der Waals surface area (Å²) >= 11 is 0. The van der Waals surface area contributed by atoms with Crippen LogP contribution in [-0.2, 0) is 6.42 Å². The summed E-state index contributed by atoms with van der Waals surface area (Å²) in [5, 5.41) is 5.78. The first-order valence-corrected chi connectivity index (χ1v) is 7.75. The summed E-state index contributed by atoms with van der Waals surface area (Å²) in [4.78, 5) is 16.0. The molecule has 0 bridgehead atoms. The number of nitrogens with one attached hydrogen (secondary N) is 2. The molecule has 1 atom stereocenters. The molecule has 2 aromatic rings. The molecule has 0 aliphatic carbocycles. The number of amides is 2. The standard InChI is InChI=1S/C18H23N3O/c1-15(17-12-6-8-13-19-17)21-18(22)20-14-7-5-11-16-9-3-2-4-10-16/h2-4,6,8-10,12-13,15H,5,7,11,14H2,1H3,(H2,20,21,22). The smallest absolute Gasteiger partial charge is 0.315 e. The maximum Gasteiger partial charge on any atom is 0.315 e. The normalized spacial score (nSPS) is 11.7. The van der Waals surface area contributed by atoms with E-state index >= 15 is 0 Å². The summed E-state index contributed by atoms with van der Waals surface area (Å²) in [5.41, 5.74) is 2.21. The van der Waals surface area contributed by atoms with Gasteiger partial charge in [-0.25, -0.2) is 4.79 Å². The van der Waals surface area contributed by atoms with Crippen LogP contribution < -0.4 is 10.6 Å². The molecule has 4 nitrogen and oxygen atoms in total. The third-order valence-corrected chi connectivity index (χ3v) is 3.50. The monoisotopic (exact) mass is 297 g/mol. The Morgan fingerprint density at radius 1 is 1.09 bits per heavy atom. The predicted molar refractivity (Wildman–Crippen MR) is 88.6 cm³/mol. The fourth-order valence-electron chi connectivity index (χ4n) is 2.25. The Morgan fingerprint density at radius 3 is 2.59 bits per heavy atom. The Hall–Kier alpha value is -2.36. The molecule has 0 aliphatic rings. The predicted octanol–water partition coefficient (Wildman–Crippen LogP) is 3.46. The number of urea groups is 1. The highest BCUT2D eigenvalue weighted by molar-refractivity contribution is 5.74. The van der Waals surface area contributed by atoms with Crippen LogP contribution in [0.3, 0.4) is 0 Å². The van der Waals surface area contributed by atoms with E-state index in [1.165, 1.54) is 5.56 Å². The van der Waals surface area contributed by atoms with Gasteiger partial charge in [-0.05, 0) is 43.9 Å². The average Bonchev–Trinajstić information content (AvgIpc) is 2.56. The van der Waals surface area contributed by atoms with Gasteiger partial charge in [0.2, 0.25) is 0 Å². The minimum absolute atomic E-state index is 0.0921. The van der Waals surface area contributed by atoms with Crippen LogP contribution in [0.5, 0.6) is 0 Å². The second-order valence-corrected chi connectivity index (χ2v) is 5.32. The molecule has 2 N–H and O–H groups in total. The molecule has 116 valence electrons. The first-order chi connectivity index (χ1) is 10.8. The number of rotatable bonds is 7. The van der Waals surface area contributed by atoms with E-state index in [4.69, 9.17) is 0 Å². The van der Waals surface area contributed by atoms with Gasteiger partial charge >= 0.3 is 6.03 Å². The molecule has 1 aromatic carbocycles. The average molecular weight is 297 g/mol. The van der Waals surface area contributed by atoms with E-state index in [1.54, 1.807) is 6.20 Å². The number of hydrogen-bond acceptors (Lipinski definition) is 2. The van der Waals surface area contributed by atoms with Crippen LogP contribution in [0.4, 0.5) is 4.79 Å². The molecule has 0 aliphatic heterocycles. The molecule has 0 radical (unpaired) electrons. The molecule has 2 rings (SSSR count). The second-order valence-electron chi connectivity index (χ2n) is 5.32. The first-order valence-electron chi connectivity index (χ1n) is 7.75. The molecule has 1 unspecified atom stereocenters. The van der Waals surface area contributed by atoms with E-state index in [1.807, 2.05) is 31.2 Å². The lowest BCUT2D eigenvalue weighted by Gasteiger charge is -2.14. The summed E-state index contributed by atoms with van der Waals surface area (Å²) in [5.74, 6) is 0. The summed E-state index contributed by atoms with van der Waals surface area (Å²) < 4.78 is 0. The fraction of sp³-hybridized carbons (Fsp3) is 0.333. The van der Waals surface area contributed by atoms with Crippen LogP contribution in [0.2, 0.25) is 0 Å². The van der Waals surface area contributed by atoms with E-state index in [9.17, 15) is 4.79 Å². The first kappa shape index (κ1) is 16.0. The van der Waals surface area contributed by atoms with Crippen molar-refractivity contribution in [2.24, 2.45) is 0 Å². The van der Waals surface area contributed by atoms with Gasteiger partial charge < -0.3 is 10.6 Å². The van der Waals surface area contributed by atoms with Crippen molar-refractivity contribution >= 4 is 6.03 Å². The van der Waals surface area contributed by atoms with Gasteiger partial charge in [0.05, 0.1) is 11.7 Å². The zero-order valence-corrected chi connectivity index (χ0v) is 13.0. The molecule has 22 heavy (non-hydrogen) atoms. The molecule has 0 saturated carbocycles. The van der Waals surface area contributed by atoms with Gasteiger partial charge in [0.25, 0.3) is 0 Å². The molecule has 0 spiro atoms. The maximum absolute atomic E-state index is 11.8. The Bertz CT molecular complexity index is 557. The van der Waals surface area contributed by atoms with E-state index in [2.05, 4.69) is 39.9 Å². The summed E-state index contributed by atoms with van der Waals surface area (Å²) in [6.45, 7) is 2.62. The van der Waals surface area contributed by atoms with Crippen molar-refractivity contribution in [3.05, 3.63) is 66.0 Å². The number of benzene rings is 1. The summed E-state index contributed by atoms with van der Waals surface area (Å²) in [7, 11) is 0. The van der Waals surface area contributed by atoms with E-state index in [0.717, 1.165) is 25.0 Å². The maximum atomic E-state index is 11.8. The number of pyridine rings is 1. The topological polar surface area (TPSA) is 54.0 Å². The summed E-state index contributed by atoms with van der Waals surface area (Å²) in [6.07, 6.45) is 4.82. The van der Waals surface area contributed by atoms with Crippen LogP contribution in [0.15, 0.2) is 54.7 Å². The van der Waals surface area contributed by atoms with Gasteiger partial charge in [0.15, 0.2) is 0 Å². The lowest BCUT2D eigenvalue weighted by atomic mass is 10.1. The molecular formula is C18H23N3O. The van der Waals surface area contributed by atoms with Crippen LogP contribution >= 0.6 is 0 Å². The molecular weight excluding hydrogens is 274 g/mol. The van der Waals surface area contributed by atoms with Crippen molar-refractivity contribution in [2.45, 2.75) is 32.2 Å². The second kappa shape index (κ2) is 8.82. The van der Waals surface area contributed by atoms with Crippen LogP contribution in [0.1, 0.15) is 37.1 Å². The molecule has 0 fully saturated rings. The van der Waals surface area contributed by atoms with Crippen LogP contribution in [0.25, 0.3) is 0 Å². The number of aryl methyl sites for hydroxylation is 1. The van der Waals surface area contributed by atoms with E-state index in [-0.39, 0.29) is 12.1 Å². The van der Waals surface area contributed by atoms with E-state index in [0.29, 0.717) is 6.54 Å². The number of hydrogen-bond donors (Lipinski definition) is 2. The van der Waals surface area contributed by atoms with Crippen molar-refractivity contribution in [1.82, 2.24) is 15.6 Å². The number of nitrogens with zero attached hydrogens (tertiary/aromatic N) is 1. The highest BCUT2D eigenvalue weighted by atomic mass is 16.2. The molecule has 0 saturated heterocycles. The minimum atomic E-state index is -0.141.